The number of hydrogen-bond acceptors (Lipinski definition) is 8. The van der Waals surface area contributed by atoms with Crippen molar-refractivity contribution in [2.75, 3.05) is 22.5 Å². The average molecular weight is 576 g/mol. The fourth-order valence-electron chi connectivity index (χ4n) is 4.16. The van der Waals surface area contributed by atoms with Gasteiger partial charge in [-0.15, -0.1) is 0 Å². The fraction of sp³-hybridized carbons (Fsp3) is 0.143. The van der Waals surface area contributed by atoms with Gasteiger partial charge in [0.05, 0.1) is 16.9 Å². The number of aromatic nitrogens is 2. The molecule has 14 heteroatoms. The third-order valence-corrected chi connectivity index (χ3v) is 6.03. The summed E-state index contributed by atoms with van der Waals surface area (Å²) >= 11 is 0. The molecule has 12 nitrogen and oxygen atoms in total. The third kappa shape index (κ3) is 5.56. The van der Waals surface area contributed by atoms with Crippen molar-refractivity contribution in [2.45, 2.75) is 13.8 Å². The Hall–Kier alpha value is -5.84. The molecule has 0 bridgehead atoms. The van der Waals surface area contributed by atoms with E-state index in [2.05, 4.69) is 20.9 Å². The highest BCUT2D eigenvalue weighted by Gasteiger charge is 2.25. The van der Waals surface area contributed by atoms with Crippen molar-refractivity contribution < 1.29 is 27.7 Å². The number of nitrogens with two attached hydrogens (primary N) is 1. The molecule has 0 saturated carbocycles. The van der Waals surface area contributed by atoms with Gasteiger partial charge in [-0.3, -0.25) is 19.2 Å². The second kappa shape index (κ2) is 11.7. The van der Waals surface area contributed by atoms with Crippen LogP contribution in [0.4, 0.5) is 25.8 Å². The number of carbonyl (C=O) groups is 3. The first-order valence-electron chi connectivity index (χ1n) is 12.3. The van der Waals surface area contributed by atoms with Crippen molar-refractivity contribution in [3.63, 3.8) is 0 Å². The van der Waals surface area contributed by atoms with E-state index < -0.39 is 46.2 Å². The Morgan fingerprint density at radius 2 is 1.79 bits per heavy atom. The number of nitrogens with one attached hydrogen (secondary N) is 3. The number of nitrogens with zero attached hydrogens (tertiary/aromatic N) is 3. The molecule has 0 aliphatic heterocycles. The summed E-state index contributed by atoms with van der Waals surface area (Å²) in [6, 6.07) is 11.1. The number of pyridine rings is 1. The van der Waals surface area contributed by atoms with E-state index in [0.29, 0.717) is 11.3 Å². The molecule has 0 spiro atoms. The molecule has 3 amide bonds. The van der Waals surface area contributed by atoms with Crippen LogP contribution in [0.3, 0.4) is 0 Å². The Morgan fingerprint density at radius 1 is 1.10 bits per heavy atom. The molecular weight excluding hydrogens is 552 g/mol. The zero-order valence-corrected chi connectivity index (χ0v) is 22.5. The molecule has 0 atom stereocenters. The summed E-state index contributed by atoms with van der Waals surface area (Å²) in [6.45, 7) is 3.54. The van der Waals surface area contributed by atoms with E-state index in [1.165, 1.54) is 37.4 Å². The maximum absolute atomic E-state index is 14.7. The minimum absolute atomic E-state index is 0.0338. The number of aryl methyl sites for hydroxylation is 2. The van der Waals surface area contributed by atoms with Gasteiger partial charge in [0, 0.05) is 25.0 Å². The van der Waals surface area contributed by atoms with Crippen molar-refractivity contribution in [3.8, 4) is 17.2 Å². The summed E-state index contributed by atoms with van der Waals surface area (Å²) in [5.74, 6) is -5.62. The van der Waals surface area contributed by atoms with Crippen LogP contribution in [-0.4, -0.2) is 34.0 Å². The molecule has 4 aromatic rings. The normalized spacial score (nSPS) is 10.6. The molecule has 42 heavy (non-hydrogen) atoms. The number of rotatable bonds is 8. The van der Waals surface area contributed by atoms with E-state index in [1.807, 2.05) is 6.07 Å². The van der Waals surface area contributed by atoms with Crippen LogP contribution in [0.1, 0.15) is 49.6 Å². The number of primary amides is 1. The Labute approximate surface area is 236 Å². The summed E-state index contributed by atoms with van der Waals surface area (Å²) in [5, 5.41) is 17.1. The number of nitriles is 1. The lowest BCUT2D eigenvalue weighted by molar-refractivity contribution is 0.0986. The molecule has 0 fully saturated rings. The van der Waals surface area contributed by atoms with E-state index in [0.717, 1.165) is 16.9 Å². The summed E-state index contributed by atoms with van der Waals surface area (Å²) < 4.78 is 34.7. The van der Waals surface area contributed by atoms with Gasteiger partial charge in [-0.2, -0.15) is 10.0 Å². The summed E-state index contributed by atoms with van der Waals surface area (Å²) in [5.41, 5.74) is 3.92. The van der Waals surface area contributed by atoms with Gasteiger partial charge in [-0.1, -0.05) is 12.1 Å². The lowest BCUT2D eigenvalue weighted by atomic mass is 10.1. The van der Waals surface area contributed by atoms with Gasteiger partial charge in [0.15, 0.2) is 11.5 Å². The van der Waals surface area contributed by atoms with Crippen LogP contribution in [0.2, 0.25) is 0 Å². The molecule has 5 N–H and O–H groups in total. The summed E-state index contributed by atoms with van der Waals surface area (Å²) in [6.07, 6.45) is 0. The zero-order valence-electron chi connectivity index (χ0n) is 22.5. The Kier molecular flexibility index (Phi) is 8.14. The summed E-state index contributed by atoms with van der Waals surface area (Å²) in [4.78, 5) is 54.6. The number of hydrogen-bond donors (Lipinski definition) is 4. The maximum atomic E-state index is 14.7. The first-order valence-corrected chi connectivity index (χ1v) is 12.3. The van der Waals surface area contributed by atoms with Crippen LogP contribution in [0.25, 0.3) is 11.1 Å². The number of carbonyl (C=O) groups excluding carboxylic acids is 3. The van der Waals surface area contributed by atoms with Crippen LogP contribution in [0.15, 0.2) is 51.8 Å². The lowest BCUT2D eigenvalue weighted by Crippen LogP contribution is -2.23. The molecule has 0 aliphatic rings. The smallest absolute Gasteiger partial charge is 0.291 e. The van der Waals surface area contributed by atoms with E-state index in [4.69, 9.17) is 10.3 Å². The third-order valence-electron chi connectivity index (χ3n) is 6.03. The van der Waals surface area contributed by atoms with Gasteiger partial charge in [0.2, 0.25) is 5.76 Å². The first-order chi connectivity index (χ1) is 20.0. The Bertz CT molecular complexity index is 1840. The van der Waals surface area contributed by atoms with Gasteiger partial charge in [0.1, 0.15) is 23.0 Å². The SMILES string of the molecule is CCNc1c(C(=O)Nc2ccc(-c3c(C#N)on(C)c3=O)cc2)cc(C)nc1C(=O)Nc1ccc(F)c(C(N)=O)c1F. The van der Waals surface area contributed by atoms with Crippen LogP contribution in [0.5, 0.6) is 0 Å². The number of benzene rings is 2. The van der Waals surface area contributed by atoms with Gasteiger partial charge in [-0.25, -0.2) is 13.8 Å². The van der Waals surface area contributed by atoms with Crippen molar-refractivity contribution >= 4 is 34.8 Å². The van der Waals surface area contributed by atoms with E-state index in [9.17, 15) is 33.2 Å². The predicted molar refractivity (Wildman–Crippen MR) is 148 cm³/mol. The molecule has 4 rings (SSSR count). The molecule has 2 aromatic carbocycles. The maximum Gasteiger partial charge on any atom is 0.291 e. The molecule has 0 aliphatic carbocycles. The van der Waals surface area contributed by atoms with Gasteiger partial charge in [-0.05, 0) is 49.7 Å². The van der Waals surface area contributed by atoms with Crippen LogP contribution >= 0.6 is 0 Å². The van der Waals surface area contributed by atoms with Gasteiger partial charge < -0.3 is 26.2 Å². The number of anilines is 3. The van der Waals surface area contributed by atoms with Crippen LogP contribution < -0.4 is 27.2 Å². The highest BCUT2D eigenvalue weighted by molar-refractivity contribution is 6.14. The Balaban J connectivity index is 1.65. The predicted octanol–water partition coefficient (Wildman–Crippen LogP) is 3.53. The molecule has 0 saturated heterocycles. The monoisotopic (exact) mass is 575 g/mol. The molecule has 2 aromatic heterocycles. The second-order valence-corrected chi connectivity index (χ2v) is 8.91. The molecule has 0 unspecified atom stereocenters. The first kappa shape index (κ1) is 29.2. The lowest BCUT2D eigenvalue weighted by Gasteiger charge is -2.17. The van der Waals surface area contributed by atoms with Crippen molar-refractivity contribution in [1.82, 2.24) is 9.72 Å². The molecular formula is C28H23F2N7O5. The highest BCUT2D eigenvalue weighted by atomic mass is 19.1. The van der Waals surface area contributed by atoms with Crippen LogP contribution in [-0.2, 0) is 7.05 Å². The standard InChI is InChI=1S/C28H23F2N7O5/c1-4-33-23-16(26(39)35-15-7-5-14(6-8-15)20-19(12-31)42-37(3)28(20)41)11-13(2)34-24(23)27(40)36-18-10-9-17(29)21(22(18)30)25(32)38/h5-11,33H,4H2,1-3H3,(H2,32,38)(H,35,39)(H,36,40). The quantitative estimate of drug-likeness (QED) is 0.246. The fourth-order valence-corrected chi connectivity index (χ4v) is 4.16. The van der Waals surface area contributed by atoms with E-state index in [1.54, 1.807) is 13.8 Å². The van der Waals surface area contributed by atoms with Gasteiger partial charge >= 0.3 is 0 Å². The van der Waals surface area contributed by atoms with E-state index >= 15 is 0 Å². The topological polar surface area (TPSA) is 185 Å². The number of halogens is 2. The van der Waals surface area contributed by atoms with Crippen molar-refractivity contribution in [1.29, 1.82) is 5.26 Å². The minimum atomic E-state index is -1.36. The van der Waals surface area contributed by atoms with E-state index in [-0.39, 0.29) is 40.5 Å². The largest absolute Gasteiger partial charge is 0.383 e. The zero-order chi connectivity index (χ0) is 30.7. The van der Waals surface area contributed by atoms with Crippen LogP contribution in [0, 0.1) is 29.9 Å². The van der Waals surface area contributed by atoms with Crippen molar-refractivity contribution in [2.24, 2.45) is 12.8 Å². The molecule has 0 radical (unpaired) electrons. The second-order valence-electron chi connectivity index (χ2n) is 8.91. The molecule has 2 heterocycles. The summed E-state index contributed by atoms with van der Waals surface area (Å²) in [7, 11) is 1.38. The van der Waals surface area contributed by atoms with Gasteiger partial charge in [0.25, 0.3) is 23.3 Å². The Morgan fingerprint density at radius 3 is 2.40 bits per heavy atom. The number of amides is 3. The highest BCUT2D eigenvalue weighted by Crippen LogP contribution is 2.27. The molecule has 214 valence electrons. The minimum Gasteiger partial charge on any atom is -0.383 e. The average Bonchev–Trinajstić information content (AvgIpc) is 3.24. The van der Waals surface area contributed by atoms with Crippen molar-refractivity contribution in [3.05, 3.63) is 92.7 Å².